The summed E-state index contributed by atoms with van der Waals surface area (Å²) in [5.41, 5.74) is -0.294. The number of hydrazine groups is 1. The predicted octanol–water partition coefficient (Wildman–Crippen LogP) is 1.47. The lowest BCUT2D eigenvalue weighted by Gasteiger charge is -2.13. The Hall–Kier alpha value is -1.66. The molecule has 0 aliphatic heterocycles. The predicted molar refractivity (Wildman–Crippen MR) is 55.5 cm³/mol. The molecule has 7 heteroatoms. The molecule has 0 fully saturated rings. The Kier molecular flexibility index (Phi) is 3.23. The van der Waals surface area contributed by atoms with Gasteiger partial charge in [0.25, 0.3) is 5.69 Å². The number of halogens is 1. The lowest BCUT2D eigenvalue weighted by atomic mass is 10.2. The number of nitro groups is 1. The quantitative estimate of drug-likeness (QED) is 0.360. The summed E-state index contributed by atoms with van der Waals surface area (Å²) in [6.45, 7) is 1.21. The highest BCUT2D eigenvalue weighted by Gasteiger charge is 2.20. The van der Waals surface area contributed by atoms with Crippen molar-refractivity contribution in [3.05, 3.63) is 33.3 Å². The minimum atomic E-state index is -0.649. The molecule has 0 unspecified atom stereocenters. The smallest absolute Gasteiger partial charge is 0.273 e. The van der Waals surface area contributed by atoms with Crippen LogP contribution < -0.4 is 10.9 Å². The number of carbonyl (C=O) groups excluding carboxylic acids is 1. The number of nitrogens with two attached hydrogens (primary N) is 1. The number of benzene rings is 1. The van der Waals surface area contributed by atoms with Gasteiger partial charge in [-0.05, 0) is 12.1 Å². The van der Waals surface area contributed by atoms with Crippen molar-refractivity contribution >= 4 is 28.9 Å². The van der Waals surface area contributed by atoms with Crippen molar-refractivity contribution in [2.24, 2.45) is 5.84 Å². The molecular weight excluding hydrogens is 222 g/mol. The zero-order valence-corrected chi connectivity index (χ0v) is 8.56. The minimum absolute atomic E-state index is 0.0110. The lowest BCUT2D eigenvalue weighted by molar-refractivity contribution is -0.384. The third kappa shape index (κ3) is 2.42. The fourth-order valence-corrected chi connectivity index (χ4v) is 1.18. The van der Waals surface area contributed by atoms with Gasteiger partial charge >= 0.3 is 0 Å². The van der Waals surface area contributed by atoms with E-state index < -0.39 is 10.8 Å². The van der Waals surface area contributed by atoms with E-state index in [1.54, 1.807) is 0 Å². The third-order valence-corrected chi connectivity index (χ3v) is 1.97. The maximum absolute atomic E-state index is 10.9. The van der Waals surface area contributed by atoms with E-state index in [0.717, 1.165) is 6.07 Å². The van der Waals surface area contributed by atoms with Crippen molar-refractivity contribution in [3.63, 3.8) is 0 Å². The van der Waals surface area contributed by atoms with Crippen LogP contribution in [0.2, 0.25) is 5.02 Å². The van der Waals surface area contributed by atoms with Crippen molar-refractivity contribution in [1.29, 1.82) is 0 Å². The first-order valence-corrected chi connectivity index (χ1v) is 4.30. The van der Waals surface area contributed by atoms with Crippen molar-refractivity contribution in [3.8, 4) is 0 Å². The number of amides is 1. The molecule has 1 aromatic carbocycles. The fourth-order valence-electron chi connectivity index (χ4n) is 1.02. The number of anilines is 1. The molecule has 0 saturated heterocycles. The number of rotatable bonds is 2. The summed E-state index contributed by atoms with van der Waals surface area (Å²) in [6.07, 6.45) is 0. The van der Waals surface area contributed by atoms with E-state index >= 15 is 0 Å². The van der Waals surface area contributed by atoms with Gasteiger partial charge in [-0.25, -0.2) is 10.9 Å². The number of hydrogen-bond donors (Lipinski definition) is 1. The molecule has 1 rings (SSSR count). The minimum Gasteiger partial charge on any atom is -0.273 e. The third-order valence-electron chi connectivity index (χ3n) is 1.73. The van der Waals surface area contributed by atoms with Gasteiger partial charge in [0.15, 0.2) is 0 Å². The van der Waals surface area contributed by atoms with Crippen LogP contribution in [0.5, 0.6) is 0 Å². The molecule has 0 aliphatic rings. The van der Waals surface area contributed by atoms with Crippen molar-refractivity contribution in [1.82, 2.24) is 0 Å². The van der Waals surface area contributed by atoms with Crippen LogP contribution in [0, 0.1) is 10.1 Å². The van der Waals surface area contributed by atoms with Gasteiger partial charge < -0.3 is 0 Å². The van der Waals surface area contributed by atoms with Gasteiger partial charge in [-0.1, -0.05) is 11.6 Å². The molecule has 6 nitrogen and oxygen atoms in total. The van der Waals surface area contributed by atoms with E-state index in [0.29, 0.717) is 5.01 Å². The van der Waals surface area contributed by atoms with Crippen molar-refractivity contribution < 1.29 is 9.72 Å². The van der Waals surface area contributed by atoms with Gasteiger partial charge in [0.2, 0.25) is 5.91 Å². The van der Waals surface area contributed by atoms with E-state index in [1.165, 1.54) is 19.1 Å². The molecule has 80 valence electrons. The summed E-state index contributed by atoms with van der Waals surface area (Å²) in [6, 6.07) is 3.88. The SMILES string of the molecule is CC(=O)N(N)c1ccc(Cl)cc1[N+](=O)[O-]. The van der Waals surface area contributed by atoms with Gasteiger partial charge in [0.1, 0.15) is 5.69 Å². The molecule has 0 radical (unpaired) electrons. The molecule has 0 aliphatic carbocycles. The first-order valence-electron chi connectivity index (χ1n) is 3.93. The normalized spacial score (nSPS) is 9.80. The van der Waals surface area contributed by atoms with Crippen LogP contribution in [-0.2, 0) is 4.79 Å². The van der Waals surface area contributed by atoms with E-state index in [4.69, 9.17) is 17.4 Å². The Morgan fingerprint density at radius 3 is 2.67 bits per heavy atom. The molecule has 15 heavy (non-hydrogen) atoms. The number of carbonyl (C=O) groups is 1. The zero-order valence-electron chi connectivity index (χ0n) is 7.81. The molecule has 0 bridgehead atoms. The standard InChI is InChI=1S/C8H8ClN3O3/c1-5(13)11(10)7-3-2-6(9)4-8(7)12(14)15/h2-4H,10H2,1H3. The first kappa shape index (κ1) is 11.4. The maximum Gasteiger partial charge on any atom is 0.295 e. The van der Waals surface area contributed by atoms with E-state index in [-0.39, 0.29) is 16.4 Å². The summed E-state index contributed by atoms with van der Waals surface area (Å²) >= 11 is 5.60. The van der Waals surface area contributed by atoms with Gasteiger partial charge in [-0.3, -0.25) is 14.9 Å². The maximum atomic E-state index is 10.9. The van der Waals surface area contributed by atoms with Crippen molar-refractivity contribution in [2.75, 3.05) is 5.01 Å². The molecule has 2 N–H and O–H groups in total. The van der Waals surface area contributed by atoms with Gasteiger partial charge in [0, 0.05) is 18.0 Å². The summed E-state index contributed by atoms with van der Waals surface area (Å²) in [4.78, 5) is 21.0. The summed E-state index contributed by atoms with van der Waals surface area (Å²) < 4.78 is 0. The van der Waals surface area contributed by atoms with Crippen LogP contribution in [0.1, 0.15) is 6.92 Å². The Bertz CT molecular complexity index is 422. The molecule has 1 amide bonds. The topological polar surface area (TPSA) is 89.5 Å². The van der Waals surface area contributed by atoms with E-state index in [1.807, 2.05) is 0 Å². The lowest BCUT2D eigenvalue weighted by Crippen LogP contribution is -2.35. The van der Waals surface area contributed by atoms with Gasteiger partial charge in [-0.15, -0.1) is 0 Å². The summed E-state index contributed by atoms with van der Waals surface area (Å²) in [7, 11) is 0. The largest absolute Gasteiger partial charge is 0.295 e. The van der Waals surface area contributed by atoms with Crippen LogP contribution in [0.3, 0.4) is 0 Å². The molecule has 0 heterocycles. The summed E-state index contributed by atoms with van der Waals surface area (Å²) in [5.74, 6) is 4.86. The average molecular weight is 230 g/mol. The Balaban J connectivity index is 3.28. The van der Waals surface area contributed by atoms with Gasteiger partial charge in [0.05, 0.1) is 4.92 Å². The van der Waals surface area contributed by atoms with E-state index in [2.05, 4.69) is 0 Å². The number of hydrogen-bond acceptors (Lipinski definition) is 4. The van der Waals surface area contributed by atoms with Crippen LogP contribution in [0.25, 0.3) is 0 Å². The highest BCUT2D eigenvalue weighted by molar-refractivity contribution is 6.31. The van der Waals surface area contributed by atoms with Crippen LogP contribution >= 0.6 is 11.6 Å². The molecule has 0 saturated carbocycles. The van der Waals surface area contributed by atoms with Crippen molar-refractivity contribution in [2.45, 2.75) is 6.92 Å². The van der Waals surface area contributed by atoms with Crippen LogP contribution in [-0.4, -0.2) is 10.8 Å². The second-order valence-corrected chi connectivity index (χ2v) is 3.22. The Morgan fingerprint density at radius 2 is 2.20 bits per heavy atom. The number of nitro benzene ring substituents is 1. The zero-order chi connectivity index (χ0) is 11.6. The molecular formula is C8H8ClN3O3. The van der Waals surface area contributed by atoms with E-state index in [9.17, 15) is 14.9 Å². The molecule has 0 aromatic heterocycles. The Labute approximate surface area is 90.3 Å². The highest BCUT2D eigenvalue weighted by Crippen LogP contribution is 2.29. The monoisotopic (exact) mass is 229 g/mol. The molecule has 0 spiro atoms. The molecule has 0 atom stereocenters. The highest BCUT2D eigenvalue weighted by atomic mass is 35.5. The first-order chi connectivity index (χ1) is 6.93. The number of nitrogens with zero attached hydrogens (tertiary/aromatic N) is 2. The second-order valence-electron chi connectivity index (χ2n) is 2.78. The fraction of sp³-hybridized carbons (Fsp3) is 0.125. The average Bonchev–Trinajstić information content (AvgIpc) is 2.16. The second kappa shape index (κ2) is 4.24. The van der Waals surface area contributed by atoms with Crippen LogP contribution in [0.4, 0.5) is 11.4 Å². The Morgan fingerprint density at radius 1 is 1.60 bits per heavy atom. The summed E-state index contributed by atoms with van der Waals surface area (Å²) in [5, 5.41) is 11.6. The van der Waals surface area contributed by atoms with Gasteiger partial charge in [-0.2, -0.15) is 0 Å². The molecule has 1 aromatic rings. The van der Waals surface area contributed by atoms with Crippen LogP contribution in [0.15, 0.2) is 18.2 Å².